The van der Waals surface area contributed by atoms with Gasteiger partial charge >= 0.3 is 0 Å². The van der Waals surface area contributed by atoms with Gasteiger partial charge in [-0.15, -0.1) is 0 Å². The van der Waals surface area contributed by atoms with Gasteiger partial charge in [0, 0.05) is 36.8 Å². The fraction of sp³-hybridized carbons (Fsp3) is 0.350. The third-order valence-corrected chi connectivity index (χ3v) is 6.41. The Kier molecular flexibility index (Phi) is 6.12. The summed E-state index contributed by atoms with van der Waals surface area (Å²) >= 11 is 7.01. The van der Waals surface area contributed by atoms with Gasteiger partial charge < -0.3 is 21.7 Å². The number of carbonyl (C=O) groups excluding carboxylic acids is 1. The number of nitrogens with zero attached hydrogens (tertiary/aromatic N) is 4. The van der Waals surface area contributed by atoms with Crippen molar-refractivity contribution in [2.75, 3.05) is 29.0 Å². The van der Waals surface area contributed by atoms with Crippen molar-refractivity contribution in [2.45, 2.75) is 25.3 Å². The second-order valence-corrected chi connectivity index (χ2v) is 8.96. The highest BCUT2D eigenvalue weighted by Crippen LogP contribution is 2.34. The Morgan fingerprint density at radius 3 is 2.97 bits per heavy atom. The van der Waals surface area contributed by atoms with Gasteiger partial charge in [-0.1, -0.05) is 22.9 Å². The topological polar surface area (TPSA) is 115 Å². The van der Waals surface area contributed by atoms with Crippen molar-refractivity contribution in [2.24, 2.45) is 12.8 Å². The summed E-state index contributed by atoms with van der Waals surface area (Å²) in [4.78, 5) is 19.4. The number of anilines is 3. The van der Waals surface area contributed by atoms with Gasteiger partial charge in [0.15, 0.2) is 11.5 Å². The van der Waals surface area contributed by atoms with E-state index in [4.69, 9.17) is 23.1 Å². The highest BCUT2D eigenvalue weighted by molar-refractivity contribution is 7.19. The van der Waals surface area contributed by atoms with Crippen molar-refractivity contribution < 1.29 is 9.18 Å². The Balaban J connectivity index is 1.59. The first kappa shape index (κ1) is 21.5. The molecule has 164 valence electrons. The van der Waals surface area contributed by atoms with E-state index in [1.807, 2.05) is 7.05 Å². The predicted octanol–water partition coefficient (Wildman–Crippen LogP) is 3.49. The van der Waals surface area contributed by atoms with E-state index in [9.17, 15) is 9.18 Å². The molecule has 0 radical (unpaired) electrons. The van der Waals surface area contributed by atoms with Crippen molar-refractivity contribution >= 4 is 45.4 Å². The number of nitrogens with one attached hydrogen (secondary N) is 1. The smallest absolute Gasteiger partial charge is 0.277 e. The number of halogens is 2. The van der Waals surface area contributed by atoms with E-state index in [2.05, 4.69) is 20.3 Å². The van der Waals surface area contributed by atoms with Crippen LogP contribution in [-0.4, -0.2) is 39.8 Å². The number of aromatic nitrogens is 3. The van der Waals surface area contributed by atoms with Gasteiger partial charge in [-0.05, 0) is 37.5 Å². The number of hydrogen-bond acceptors (Lipinski definition) is 7. The number of thiazole rings is 1. The largest absolute Gasteiger partial charge is 0.389 e. The lowest BCUT2D eigenvalue weighted by atomic mass is 10.1. The quantitative estimate of drug-likeness (QED) is 0.545. The zero-order valence-corrected chi connectivity index (χ0v) is 18.5. The molecule has 0 bridgehead atoms. The first-order chi connectivity index (χ1) is 14.8. The number of amides is 1. The number of aryl methyl sites for hydroxylation is 1. The van der Waals surface area contributed by atoms with Gasteiger partial charge in [-0.3, -0.25) is 9.48 Å². The van der Waals surface area contributed by atoms with E-state index >= 15 is 0 Å². The van der Waals surface area contributed by atoms with Crippen molar-refractivity contribution in [1.82, 2.24) is 14.8 Å². The van der Waals surface area contributed by atoms with Crippen LogP contribution < -0.4 is 21.7 Å². The first-order valence-corrected chi connectivity index (χ1v) is 11.1. The molecule has 8 nitrogen and oxygen atoms in total. The molecule has 11 heteroatoms. The normalized spacial score (nSPS) is 16.9. The Morgan fingerprint density at radius 2 is 2.16 bits per heavy atom. The molecule has 2 aromatic heterocycles. The van der Waals surface area contributed by atoms with Crippen LogP contribution >= 0.6 is 22.9 Å². The molecular formula is C20H23ClFN7OS. The number of hydrogen-bond donors (Lipinski definition) is 3. The number of nitrogens with two attached hydrogens (primary N) is 2. The van der Waals surface area contributed by atoms with E-state index in [-0.39, 0.29) is 27.3 Å². The van der Waals surface area contributed by atoms with Crippen LogP contribution in [0.4, 0.5) is 20.9 Å². The zero-order chi connectivity index (χ0) is 22.1. The molecule has 1 aliphatic rings. The van der Waals surface area contributed by atoms with Gasteiger partial charge in [0.05, 0.1) is 6.20 Å². The molecule has 3 heterocycles. The lowest BCUT2D eigenvalue weighted by Gasteiger charge is -2.24. The number of benzene rings is 1. The molecule has 3 aromatic rings. The standard InChI is InChI=1S/C20H23ClFN7OS/c1-28-20(29-7-2-3-12(23)6-8-29)15(10-25-28)26-18(30)16-17(24)31-19(27-16)13-9-11(21)4-5-14(13)22/h4-5,9-10,12H,2-3,6-8,23-24H2,1H3,(H,26,30). The first-order valence-electron chi connectivity index (χ1n) is 9.89. The van der Waals surface area contributed by atoms with Crippen LogP contribution in [0.1, 0.15) is 29.8 Å². The molecule has 1 aliphatic heterocycles. The van der Waals surface area contributed by atoms with E-state index in [1.165, 1.54) is 18.2 Å². The Morgan fingerprint density at radius 1 is 1.35 bits per heavy atom. The molecular weight excluding hydrogens is 441 g/mol. The number of nitrogen functional groups attached to an aromatic ring is 1. The minimum Gasteiger partial charge on any atom is -0.389 e. The number of carbonyl (C=O) groups is 1. The fourth-order valence-electron chi connectivity index (χ4n) is 3.68. The Labute approximate surface area is 188 Å². The van der Waals surface area contributed by atoms with Crippen molar-refractivity contribution in [3.63, 3.8) is 0 Å². The second kappa shape index (κ2) is 8.81. The third-order valence-electron chi connectivity index (χ3n) is 5.26. The predicted molar refractivity (Wildman–Crippen MR) is 122 cm³/mol. The molecule has 0 aliphatic carbocycles. The van der Waals surface area contributed by atoms with Gasteiger partial charge in [-0.2, -0.15) is 5.10 Å². The lowest BCUT2D eigenvalue weighted by Crippen LogP contribution is -2.29. The Hall–Kier alpha value is -2.69. The summed E-state index contributed by atoms with van der Waals surface area (Å²) in [5, 5.41) is 8.01. The van der Waals surface area contributed by atoms with E-state index in [1.54, 1.807) is 10.9 Å². The molecule has 1 amide bonds. The van der Waals surface area contributed by atoms with E-state index in [0.29, 0.717) is 10.7 Å². The van der Waals surface area contributed by atoms with Gasteiger partial charge in [0.2, 0.25) is 0 Å². The zero-order valence-electron chi connectivity index (χ0n) is 16.9. The van der Waals surface area contributed by atoms with Crippen molar-refractivity contribution in [3.8, 4) is 10.6 Å². The van der Waals surface area contributed by atoms with Crippen LogP contribution in [-0.2, 0) is 7.05 Å². The molecule has 1 fully saturated rings. The molecule has 0 spiro atoms. The monoisotopic (exact) mass is 463 g/mol. The fourth-order valence-corrected chi connectivity index (χ4v) is 4.70. The molecule has 1 saturated heterocycles. The summed E-state index contributed by atoms with van der Waals surface area (Å²) in [5.41, 5.74) is 12.9. The minimum atomic E-state index is -0.487. The minimum absolute atomic E-state index is 0.0343. The molecule has 1 unspecified atom stereocenters. The number of rotatable bonds is 4. The van der Waals surface area contributed by atoms with Gasteiger partial charge in [0.25, 0.3) is 5.91 Å². The van der Waals surface area contributed by atoms with E-state index in [0.717, 1.165) is 49.5 Å². The summed E-state index contributed by atoms with van der Waals surface area (Å²) < 4.78 is 15.9. The molecule has 1 atom stereocenters. The molecule has 0 saturated carbocycles. The van der Waals surface area contributed by atoms with Gasteiger partial charge in [-0.25, -0.2) is 9.37 Å². The maximum absolute atomic E-state index is 14.2. The molecule has 1 aromatic carbocycles. The SMILES string of the molecule is Cn1ncc(NC(=O)c2nc(-c3cc(Cl)ccc3F)sc2N)c1N1CCCC(N)CC1. The van der Waals surface area contributed by atoms with Crippen LogP contribution in [0.25, 0.3) is 10.6 Å². The summed E-state index contributed by atoms with van der Waals surface area (Å²) in [5.74, 6) is -0.167. The third kappa shape index (κ3) is 4.51. The van der Waals surface area contributed by atoms with Crippen molar-refractivity contribution in [3.05, 3.63) is 40.9 Å². The summed E-state index contributed by atoms with van der Waals surface area (Å²) in [7, 11) is 1.83. The van der Waals surface area contributed by atoms with Gasteiger partial charge in [0.1, 0.15) is 21.5 Å². The van der Waals surface area contributed by atoms with Crippen LogP contribution in [0.5, 0.6) is 0 Å². The second-order valence-electron chi connectivity index (χ2n) is 7.49. The van der Waals surface area contributed by atoms with Crippen LogP contribution in [0.2, 0.25) is 5.02 Å². The Bertz CT molecular complexity index is 1120. The van der Waals surface area contributed by atoms with E-state index < -0.39 is 11.7 Å². The maximum atomic E-state index is 14.2. The van der Waals surface area contributed by atoms with Crippen molar-refractivity contribution in [1.29, 1.82) is 0 Å². The summed E-state index contributed by atoms with van der Waals surface area (Å²) in [6.45, 7) is 1.60. The average molecular weight is 464 g/mol. The molecule has 31 heavy (non-hydrogen) atoms. The summed E-state index contributed by atoms with van der Waals surface area (Å²) in [6.07, 6.45) is 4.39. The molecule has 5 N–H and O–H groups in total. The lowest BCUT2D eigenvalue weighted by molar-refractivity contribution is 0.102. The van der Waals surface area contributed by atoms with Crippen LogP contribution in [0, 0.1) is 5.82 Å². The van der Waals surface area contributed by atoms with Crippen LogP contribution in [0.3, 0.4) is 0 Å². The average Bonchev–Trinajstić information content (AvgIpc) is 3.21. The highest BCUT2D eigenvalue weighted by atomic mass is 35.5. The van der Waals surface area contributed by atoms with Crippen LogP contribution in [0.15, 0.2) is 24.4 Å². The highest BCUT2D eigenvalue weighted by Gasteiger charge is 2.24. The maximum Gasteiger partial charge on any atom is 0.277 e. The summed E-state index contributed by atoms with van der Waals surface area (Å²) in [6, 6.07) is 4.34. The molecule has 4 rings (SSSR count).